The molecule has 0 aliphatic carbocycles. The van der Waals surface area contributed by atoms with E-state index in [0.717, 1.165) is 5.56 Å². The first-order valence-corrected chi connectivity index (χ1v) is 12.9. The number of hydrogen-bond donors (Lipinski definition) is 3. The van der Waals surface area contributed by atoms with Crippen molar-refractivity contribution < 1.29 is 27.5 Å². The lowest BCUT2D eigenvalue weighted by Gasteiger charge is -2.12. The summed E-state index contributed by atoms with van der Waals surface area (Å²) in [6, 6.07) is 15.3. The Morgan fingerprint density at radius 3 is 2.38 bits per heavy atom. The van der Waals surface area contributed by atoms with Crippen LogP contribution in [0.15, 0.2) is 71.9 Å². The first kappa shape index (κ1) is 27.5. The van der Waals surface area contributed by atoms with E-state index in [9.17, 15) is 18.0 Å². The van der Waals surface area contributed by atoms with E-state index in [1.54, 1.807) is 0 Å². The first-order valence-electron chi connectivity index (χ1n) is 11.0. The molecule has 0 fully saturated rings. The molecule has 0 bridgehead atoms. The van der Waals surface area contributed by atoms with Crippen molar-refractivity contribution in [1.29, 1.82) is 0 Å². The number of benzene rings is 2. The molecule has 3 rings (SSSR count). The number of anilines is 2. The van der Waals surface area contributed by atoms with Crippen LogP contribution in [0.2, 0.25) is 0 Å². The van der Waals surface area contributed by atoms with Crippen LogP contribution in [0.5, 0.6) is 5.88 Å². The normalized spacial score (nSPS) is 10.7. The van der Waals surface area contributed by atoms with Crippen molar-refractivity contribution in [2.45, 2.75) is 24.2 Å². The maximum Gasteiger partial charge on any atom is 0.306 e. The number of thiocarbonyl (C=S) groups is 1. The number of nitrogens with one attached hydrogen (secondary N) is 3. The van der Waals surface area contributed by atoms with Gasteiger partial charge in [-0.1, -0.05) is 30.3 Å². The fraction of sp³-hybridized carbons (Fsp3) is 0.208. The van der Waals surface area contributed by atoms with E-state index >= 15 is 0 Å². The number of amides is 1. The molecule has 2 aromatic carbocycles. The van der Waals surface area contributed by atoms with Crippen LogP contribution in [0.4, 0.5) is 11.5 Å². The van der Waals surface area contributed by atoms with E-state index in [1.165, 1.54) is 43.8 Å². The molecule has 0 radical (unpaired) electrons. The van der Waals surface area contributed by atoms with Crippen molar-refractivity contribution in [3.63, 3.8) is 0 Å². The van der Waals surface area contributed by atoms with Crippen LogP contribution in [-0.2, 0) is 30.8 Å². The lowest BCUT2D eigenvalue weighted by molar-refractivity contribution is -0.144. The van der Waals surface area contributed by atoms with Gasteiger partial charge in [0.25, 0.3) is 15.9 Å². The highest BCUT2D eigenvalue weighted by atomic mass is 32.2. The number of carbonyl (C=O) groups excluding carboxylic acids is 2. The predicted octanol–water partition coefficient (Wildman–Crippen LogP) is 2.67. The molecule has 11 nitrogen and oxygen atoms in total. The van der Waals surface area contributed by atoms with Gasteiger partial charge in [0, 0.05) is 30.9 Å². The second-order valence-electron chi connectivity index (χ2n) is 7.50. The third-order valence-electron chi connectivity index (χ3n) is 4.82. The van der Waals surface area contributed by atoms with Crippen LogP contribution in [0.1, 0.15) is 18.4 Å². The van der Waals surface area contributed by atoms with Crippen molar-refractivity contribution in [3.8, 4) is 5.88 Å². The quantitative estimate of drug-likeness (QED) is 0.243. The van der Waals surface area contributed by atoms with E-state index in [2.05, 4.69) is 25.3 Å². The minimum Gasteiger partial charge on any atom is -0.478 e. The van der Waals surface area contributed by atoms with Crippen molar-refractivity contribution >= 4 is 50.7 Å². The molecular weight excluding hydrogens is 518 g/mol. The summed E-state index contributed by atoms with van der Waals surface area (Å²) in [5, 5.41) is 5.26. The minimum absolute atomic E-state index is 0.000438. The Labute approximate surface area is 219 Å². The number of esters is 1. The molecule has 0 saturated carbocycles. The molecule has 37 heavy (non-hydrogen) atoms. The van der Waals surface area contributed by atoms with Crippen molar-refractivity contribution in [1.82, 2.24) is 15.3 Å². The molecule has 1 aromatic heterocycles. The van der Waals surface area contributed by atoms with Gasteiger partial charge in [-0.3, -0.25) is 14.3 Å². The van der Waals surface area contributed by atoms with Gasteiger partial charge in [-0.15, -0.1) is 0 Å². The summed E-state index contributed by atoms with van der Waals surface area (Å²) in [5.41, 5.74) is 1.50. The van der Waals surface area contributed by atoms with E-state index in [4.69, 9.17) is 21.7 Å². The monoisotopic (exact) mass is 543 g/mol. The summed E-state index contributed by atoms with van der Waals surface area (Å²) in [5.74, 6) is -0.949. The van der Waals surface area contributed by atoms with E-state index in [1.807, 2.05) is 30.3 Å². The number of carbonyl (C=O) groups is 2. The summed E-state index contributed by atoms with van der Waals surface area (Å²) in [4.78, 5) is 31.7. The fourth-order valence-electron chi connectivity index (χ4n) is 3.01. The number of sulfonamides is 1. The van der Waals surface area contributed by atoms with Crippen LogP contribution >= 0.6 is 12.2 Å². The fourth-order valence-corrected chi connectivity index (χ4v) is 4.25. The molecule has 1 heterocycles. The molecule has 0 atom stereocenters. The molecule has 0 spiro atoms. The third kappa shape index (κ3) is 8.81. The Bertz CT molecular complexity index is 1340. The highest BCUT2D eigenvalue weighted by Gasteiger charge is 2.18. The van der Waals surface area contributed by atoms with E-state index in [-0.39, 0.29) is 41.2 Å². The lowest BCUT2D eigenvalue weighted by atomic mass is 10.2. The average Bonchev–Trinajstić information content (AvgIpc) is 2.88. The largest absolute Gasteiger partial charge is 0.478 e. The second-order valence-corrected chi connectivity index (χ2v) is 9.59. The van der Waals surface area contributed by atoms with Crippen LogP contribution in [0.25, 0.3) is 0 Å². The number of nitrogens with zero attached hydrogens (tertiary/aromatic N) is 2. The molecular formula is C24H25N5O6S2. The number of methoxy groups -OCH3 is 1. The van der Waals surface area contributed by atoms with Gasteiger partial charge in [0.1, 0.15) is 0 Å². The molecule has 3 aromatic rings. The number of hydrogen-bond acceptors (Lipinski definition) is 9. The van der Waals surface area contributed by atoms with Crippen molar-refractivity contribution in [3.05, 3.63) is 72.6 Å². The summed E-state index contributed by atoms with van der Waals surface area (Å²) in [7, 11) is -2.60. The Morgan fingerprint density at radius 2 is 1.68 bits per heavy atom. The van der Waals surface area contributed by atoms with Crippen LogP contribution in [0.3, 0.4) is 0 Å². The number of aromatic nitrogens is 2. The van der Waals surface area contributed by atoms with Gasteiger partial charge in [-0.25, -0.2) is 18.4 Å². The zero-order valence-electron chi connectivity index (χ0n) is 19.8. The molecule has 0 saturated heterocycles. The Morgan fingerprint density at radius 1 is 0.973 bits per heavy atom. The molecule has 13 heteroatoms. The Balaban J connectivity index is 1.42. The Kier molecular flexibility index (Phi) is 9.86. The highest BCUT2D eigenvalue weighted by Crippen LogP contribution is 2.22. The minimum atomic E-state index is -3.96. The molecule has 3 N–H and O–H groups in total. The first-order chi connectivity index (χ1) is 17.8. The SMILES string of the molecule is COc1nccnc1NS(=O)(=O)c1ccc(NC(=S)NC(=O)CCC(=O)OCCc2ccccc2)cc1. The van der Waals surface area contributed by atoms with Crippen LogP contribution in [0, 0.1) is 0 Å². The zero-order chi connectivity index (χ0) is 26.7. The zero-order valence-corrected chi connectivity index (χ0v) is 21.5. The van der Waals surface area contributed by atoms with Gasteiger partial charge in [0.15, 0.2) is 5.11 Å². The van der Waals surface area contributed by atoms with Crippen LogP contribution in [-0.4, -0.2) is 49.1 Å². The summed E-state index contributed by atoms with van der Waals surface area (Å²) < 4.78 is 37.7. The van der Waals surface area contributed by atoms with Crippen molar-refractivity contribution in [2.24, 2.45) is 0 Å². The van der Waals surface area contributed by atoms with Gasteiger partial charge in [0.2, 0.25) is 11.7 Å². The van der Waals surface area contributed by atoms with Gasteiger partial charge >= 0.3 is 5.97 Å². The van der Waals surface area contributed by atoms with Gasteiger partial charge < -0.3 is 20.1 Å². The smallest absolute Gasteiger partial charge is 0.306 e. The topological polar surface area (TPSA) is 149 Å². The van der Waals surface area contributed by atoms with Gasteiger partial charge in [-0.05, 0) is 42.0 Å². The maximum atomic E-state index is 12.6. The summed E-state index contributed by atoms with van der Waals surface area (Å²) in [6.45, 7) is 0.234. The van der Waals surface area contributed by atoms with Gasteiger partial charge in [-0.2, -0.15) is 0 Å². The van der Waals surface area contributed by atoms with Gasteiger partial charge in [0.05, 0.1) is 25.0 Å². The van der Waals surface area contributed by atoms with E-state index < -0.39 is 21.9 Å². The van der Waals surface area contributed by atoms with Crippen molar-refractivity contribution in [2.75, 3.05) is 23.8 Å². The lowest BCUT2D eigenvalue weighted by Crippen LogP contribution is -2.34. The predicted molar refractivity (Wildman–Crippen MR) is 141 cm³/mol. The summed E-state index contributed by atoms with van der Waals surface area (Å²) >= 11 is 5.12. The third-order valence-corrected chi connectivity index (χ3v) is 6.38. The number of rotatable bonds is 11. The standard InChI is InChI=1S/C24H25N5O6S2/c1-34-23-22(25-14-15-26-23)29-37(32,33)19-9-7-18(8-10-19)27-24(36)28-20(30)11-12-21(31)35-16-13-17-5-3-2-4-6-17/h2-10,14-15H,11-13,16H2,1H3,(H,25,29)(H2,27,28,30,36). The van der Waals surface area contributed by atoms with Crippen LogP contribution < -0.4 is 20.1 Å². The van der Waals surface area contributed by atoms with E-state index in [0.29, 0.717) is 12.1 Å². The highest BCUT2D eigenvalue weighted by molar-refractivity contribution is 7.92. The second kappa shape index (κ2) is 13.3. The summed E-state index contributed by atoms with van der Waals surface area (Å²) in [6.07, 6.45) is 3.12. The molecule has 0 aliphatic rings. The number of ether oxygens (including phenoxy) is 2. The molecule has 1 amide bonds. The average molecular weight is 544 g/mol. The molecule has 194 valence electrons. The molecule has 0 aliphatic heterocycles. The Hall–Kier alpha value is -4.10. The molecule has 0 unspecified atom stereocenters. The maximum absolute atomic E-state index is 12.6.